The number of thiazole rings is 1. The Bertz CT molecular complexity index is 983. The minimum absolute atomic E-state index is 0.0646. The van der Waals surface area contributed by atoms with Crippen LogP contribution in [-0.2, 0) is 4.74 Å². The fraction of sp³-hybridized carbons (Fsp3) is 0.692. The maximum absolute atomic E-state index is 13.0. The summed E-state index contributed by atoms with van der Waals surface area (Å²) in [6, 6.07) is 8.19. The first kappa shape index (κ1) is 22.1. The lowest BCUT2D eigenvalue weighted by Crippen LogP contribution is -2.44. The molecule has 32 heavy (non-hydrogen) atoms. The minimum Gasteiger partial charge on any atom is -0.444 e. The zero-order valence-corrected chi connectivity index (χ0v) is 21.0. The minimum atomic E-state index is -0.483. The molecule has 4 atom stereocenters. The van der Waals surface area contributed by atoms with Gasteiger partial charge < -0.3 is 14.5 Å². The predicted molar refractivity (Wildman–Crippen MR) is 130 cm³/mol. The lowest BCUT2D eigenvalue weighted by atomic mass is 9.90. The Balaban J connectivity index is 1.39. The number of piperidine rings is 2. The van der Waals surface area contributed by atoms with Crippen LogP contribution < -0.4 is 0 Å². The third kappa shape index (κ3) is 4.28. The highest BCUT2D eigenvalue weighted by atomic mass is 32.1. The molecule has 1 aromatic carbocycles. The molecular weight excluding hydrogens is 418 g/mol. The van der Waals surface area contributed by atoms with Gasteiger partial charge >= 0.3 is 6.09 Å². The van der Waals surface area contributed by atoms with Crippen LogP contribution in [0.5, 0.6) is 0 Å². The van der Waals surface area contributed by atoms with Crippen LogP contribution in [-0.4, -0.2) is 52.2 Å². The van der Waals surface area contributed by atoms with Gasteiger partial charge in [-0.2, -0.15) is 0 Å². The van der Waals surface area contributed by atoms with Gasteiger partial charge in [-0.3, -0.25) is 0 Å². The van der Waals surface area contributed by atoms with Gasteiger partial charge in [-0.1, -0.05) is 13.0 Å². The second-order valence-electron chi connectivity index (χ2n) is 11.3. The Morgan fingerprint density at radius 3 is 2.53 bits per heavy atom. The predicted octanol–water partition coefficient (Wildman–Crippen LogP) is 6.34. The van der Waals surface area contributed by atoms with Crippen LogP contribution in [0.25, 0.3) is 10.2 Å². The van der Waals surface area contributed by atoms with E-state index >= 15 is 0 Å². The second kappa shape index (κ2) is 8.28. The zero-order chi connectivity index (χ0) is 22.6. The van der Waals surface area contributed by atoms with Crippen molar-refractivity contribution in [3.63, 3.8) is 0 Å². The van der Waals surface area contributed by atoms with Gasteiger partial charge in [0, 0.05) is 24.5 Å². The van der Waals surface area contributed by atoms with Gasteiger partial charge in [0.05, 0.1) is 21.3 Å². The van der Waals surface area contributed by atoms with Crippen molar-refractivity contribution >= 4 is 27.6 Å². The maximum atomic E-state index is 13.0. The van der Waals surface area contributed by atoms with Crippen molar-refractivity contribution in [2.24, 2.45) is 5.92 Å². The largest absolute Gasteiger partial charge is 0.444 e. The van der Waals surface area contributed by atoms with E-state index in [1.54, 1.807) is 0 Å². The topological polar surface area (TPSA) is 45.7 Å². The van der Waals surface area contributed by atoms with Gasteiger partial charge in [-0.05, 0) is 90.0 Å². The molecule has 3 aliphatic heterocycles. The average Bonchev–Trinajstić information content (AvgIpc) is 3.21. The first-order valence-corrected chi connectivity index (χ1v) is 13.1. The molecule has 2 aromatic rings. The molecule has 3 saturated heterocycles. The molecule has 0 radical (unpaired) electrons. The number of ether oxygens (including phenoxy) is 1. The molecule has 3 unspecified atom stereocenters. The van der Waals surface area contributed by atoms with Crippen LogP contribution in [0.2, 0.25) is 0 Å². The molecule has 1 amide bonds. The molecule has 5 nitrogen and oxygen atoms in total. The van der Waals surface area contributed by atoms with Crippen LogP contribution in [0.3, 0.4) is 0 Å². The summed E-state index contributed by atoms with van der Waals surface area (Å²) in [4.78, 5) is 22.7. The van der Waals surface area contributed by atoms with E-state index in [1.165, 1.54) is 41.0 Å². The van der Waals surface area contributed by atoms with E-state index in [9.17, 15) is 4.79 Å². The van der Waals surface area contributed by atoms with E-state index < -0.39 is 5.60 Å². The zero-order valence-electron chi connectivity index (χ0n) is 20.1. The quantitative estimate of drug-likeness (QED) is 0.530. The number of likely N-dealkylation sites (tertiary alicyclic amines) is 1. The summed E-state index contributed by atoms with van der Waals surface area (Å²) in [6.07, 6.45) is 7.07. The van der Waals surface area contributed by atoms with E-state index in [0.717, 1.165) is 37.0 Å². The summed E-state index contributed by atoms with van der Waals surface area (Å²) in [7, 11) is 2.30. The number of hydrogen-bond acceptors (Lipinski definition) is 5. The molecule has 0 saturated carbocycles. The van der Waals surface area contributed by atoms with Crippen molar-refractivity contribution < 1.29 is 9.53 Å². The molecule has 0 spiro atoms. The summed E-state index contributed by atoms with van der Waals surface area (Å²) in [5, 5.41) is 1.31. The number of aromatic nitrogens is 1. The number of hydrogen-bond donors (Lipinski definition) is 0. The molecule has 174 valence electrons. The van der Waals surface area contributed by atoms with Crippen molar-refractivity contribution in [1.29, 1.82) is 0 Å². The Kier molecular flexibility index (Phi) is 5.73. The number of carbonyl (C=O) groups is 1. The Labute approximate surface area is 196 Å². The maximum Gasteiger partial charge on any atom is 0.410 e. The molecule has 0 aliphatic carbocycles. The number of amides is 1. The molecule has 3 fully saturated rings. The van der Waals surface area contributed by atoms with E-state index in [1.807, 2.05) is 37.0 Å². The van der Waals surface area contributed by atoms with Crippen molar-refractivity contribution in [3.8, 4) is 0 Å². The molecule has 0 N–H and O–H groups in total. The molecule has 3 aliphatic rings. The summed E-state index contributed by atoms with van der Waals surface area (Å²) in [6.45, 7) is 8.78. The normalized spacial score (nSPS) is 31.3. The van der Waals surface area contributed by atoms with Gasteiger partial charge in [0.25, 0.3) is 0 Å². The van der Waals surface area contributed by atoms with Gasteiger partial charge in [-0.15, -0.1) is 11.3 Å². The fourth-order valence-corrected chi connectivity index (χ4v) is 7.05. The van der Waals surface area contributed by atoms with Crippen molar-refractivity contribution in [2.75, 3.05) is 13.6 Å². The third-order valence-corrected chi connectivity index (χ3v) is 8.90. The van der Waals surface area contributed by atoms with E-state index in [2.05, 4.69) is 37.1 Å². The van der Waals surface area contributed by atoms with Crippen LogP contribution in [0.1, 0.15) is 88.8 Å². The van der Waals surface area contributed by atoms with Crippen molar-refractivity contribution in [3.05, 3.63) is 28.8 Å². The smallest absolute Gasteiger partial charge is 0.410 e. The molecule has 5 rings (SSSR count). The van der Waals surface area contributed by atoms with E-state index in [-0.39, 0.29) is 12.1 Å². The van der Waals surface area contributed by atoms with Crippen molar-refractivity contribution in [1.82, 2.24) is 14.8 Å². The first-order chi connectivity index (χ1) is 15.2. The Morgan fingerprint density at radius 2 is 1.84 bits per heavy atom. The highest BCUT2D eigenvalue weighted by Crippen LogP contribution is 2.44. The van der Waals surface area contributed by atoms with E-state index in [4.69, 9.17) is 9.72 Å². The first-order valence-electron chi connectivity index (χ1n) is 12.3. The van der Waals surface area contributed by atoms with Gasteiger partial charge in [0.2, 0.25) is 0 Å². The Hall–Kier alpha value is -1.66. The number of benzene rings is 1. The lowest BCUT2D eigenvalue weighted by Gasteiger charge is -2.39. The molecule has 2 bridgehead atoms. The average molecular weight is 456 g/mol. The van der Waals surface area contributed by atoms with Crippen LogP contribution in [0.4, 0.5) is 4.79 Å². The molecule has 4 heterocycles. The fourth-order valence-electron chi connectivity index (χ4n) is 5.98. The SMILES string of the molecule is C[C@H]1CCC(c2ccc3sc(C4CC5CCC(C4)N5C)nc3c2)N(C(=O)OC(C)(C)C)C1. The Morgan fingerprint density at radius 1 is 1.12 bits per heavy atom. The van der Waals surface area contributed by atoms with E-state index in [0.29, 0.717) is 11.8 Å². The van der Waals surface area contributed by atoms with Gasteiger partial charge in [0.15, 0.2) is 0 Å². The monoisotopic (exact) mass is 455 g/mol. The summed E-state index contributed by atoms with van der Waals surface area (Å²) in [5.41, 5.74) is 1.80. The lowest BCUT2D eigenvalue weighted by molar-refractivity contribution is 0.00365. The standard InChI is InChI=1S/C26H37N3O2S/c1-16-6-10-22(29(15-16)25(30)31-26(2,3)4)17-7-11-23-21(14-17)27-24(32-23)18-12-19-8-9-20(13-18)28(19)5/h7,11,14,16,18-20,22H,6,8-10,12-13,15H2,1-5H3/t16-,18?,19?,20?,22?/m0/s1. The van der Waals surface area contributed by atoms with Crippen molar-refractivity contribution in [2.45, 2.75) is 95.9 Å². The summed E-state index contributed by atoms with van der Waals surface area (Å²) >= 11 is 1.87. The number of nitrogens with zero attached hydrogens (tertiary/aromatic N) is 3. The number of rotatable bonds is 2. The number of fused-ring (bicyclic) bond motifs is 3. The van der Waals surface area contributed by atoms with Crippen LogP contribution in [0.15, 0.2) is 18.2 Å². The van der Waals surface area contributed by atoms with Crippen LogP contribution >= 0.6 is 11.3 Å². The second-order valence-corrected chi connectivity index (χ2v) is 12.4. The highest BCUT2D eigenvalue weighted by molar-refractivity contribution is 7.18. The summed E-state index contributed by atoms with van der Waals surface area (Å²) in [5.74, 6) is 1.09. The van der Waals surface area contributed by atoms with Crippen LogP contribution in [0, 0.1) is 5.92 Å². The molecule has 1 aromatic heterocycles. The van der Waals surface area contributed by atoms with Gasteiger partial charge in [-0.25, -0.2) is 9.78 Å². The highest BCUT2D eigenvalue weighted by Gasteiger charge is 2.40. The van der Waals surface area contributed by atoms with Gasteiger partial charge in [0.1, 0.15) is 5.60 Å². The number of carbonyl (C=O) groups excluding carboxylic acids is 1. The summed E-state index contributed by atoms with van der Waals surface area (Å²) < 4.78 is 7.02. The molecule has 6 heteroatoms. The molecular formula is C26H37N3O2S. The third-order valence-electron chi connectivity index (χ3n) is 7.71.